The second kappa shape index (κ2) is 6.14. The highest BCUT2D eigenvalue weighted by atomic mass is 32.2. The van der Waals surface area contributed by atoms with Crippen LogP contribution in [0.5, 0.6) is 0 Å². The fourth-order valence-electron chi connectivity index (χ4n) is 1.96. The summed E-state index contributed by atoms with van der Waals surface area (Å²) < 4.78 is 0. The van der Waals surface area contributed by atoms with Crippen LogP contribution in [0, 0.1) is 0 Å². The lowest BCUT2D eigenvalue weighted by atomic mass is 10.2. The van der Waals surface area contributed by atoms with E-state index in [0.717, 1.165) is 11.5 Å². The van der Waals surface area contributed by atoms with Gasteiger partial charge in [-0.1, -0.05) is 6.92 Å². The standard InChI is InChI=1S/C11H20N2O3S/c1-4-9(10(14)15)12(3)11(16)13-5-6-17-7-8(13)2/h8-9H,4-7H2,1-3H3,(H,14,15). The summed E-state index contributed by atoms with van der Waals surface area (Å²) >= 11 is 1.83. The molecule has 1 heterocycles. The molecule has 1 saturated heterocycles. The van der Waals surface area contributed by atoms with Crippen LogP contribution < -0.4 is 0 Å². The predicted octanol–water partition coefficient (Wildman–Crippen LogP) is 1.34. The second-order valence-electron chi connectivity index (χ2n) is 4.27. The molecule has 1 fully saturated rings. The van der Waals surface area contributed by atoms with Crippen LogP contribution in [0.4, 0.5) is 4.79 Å². The Morgan fingerprint density at radius 3 is 2.71 bits per heavy atom. The molecule has 5 nitrogen and oxygen atoms in total. The monoisotopic (exact) mass is 260 g/mol. The molecule has 0 radical (unpaired) electrons. The van der Waals surface area contributed by atoms with E-state index >= 15 is 0 Å². The number of thioether (sulfide) groups is 1. The molecule has 6 heteroatoms. The molecule has 1 rings (SSSR count). The van der Waals surface area contributed by atoms with Crippen molar-refractivity contribution in [2.75, 3.05) is 25.1 Å². The summed E-state index contributed by atoms with van der Waals surface area (Å²) in [6, 6.07) is -0.730. The van der Waals surface area contributed by atoms with Gasteiger partial charge in [-0.3, -0.25) is 0 Å². The Bertz CT molecular complexity index is 298. The molecule has 1 aliphatic heterocycles. The minimum absolute atomic E-state index is 0.174. The first-order chi connectivity index (χ1) is 7.99. The van der Waals surface area contributed by atoms with Crippen molar-refractivity contribution >= 4 is 23.8 Å². The van der Waals surface area contributed by atoms with E-state index in [-0.39, 0.29) is 12.1 Å². The summed E-state index contributed by atoms with van der Waals surface area (Å²) in [5.74, 6) is 0.902. The van der Waals surface area contributed by atoms with Crippen molar-refractivity contribution in [2.24, 2.45) is 0 Å². The number of nitrogens with zero attached hydrogens (tertiary/aromatic N) is 2. The van der Waals surface area contributed by atoms with Gasteiger partial charge in [0.25, 0.3) is 0 Å². The van der Waals surface area contributed by atoms with Gasteiger partial charge in [-0.05, 0) is 13.3 Å². The van der Waals surface area contributed by atoms with Crippen LogP contribution in [0.15, 0.2) is 0 Å². The molecule has 2 unspecified atom stereocenters. The van der Waals surface area contributed by atoms with E-state index in [2.05, 4.69) is 0 Å². The number of hydrogen-bond donors (Lipinski definition) is 1. The van der Waals surface area contributed by atoms with E-state index < -0.39 is 12.0 Å². The van der Waals surface area contributed by atoms with Crippen molar-refractivity contribution in [3.63, 3.8) is 0 Å². The lowest BCUT2D eigenvalue weighted by Crippen LogP contribution is -2.53. The van der Waals surface area contributed by atoms with Gasteiger partial charge in [-0.15, -0.1) is 0 Å². The van der Waals surface area contributed by atoms with Gasteiger partial charge < -0.3 is 14.9 Å². The fraction of sp³-hybridized carbons (Fsp3) is 0.818. The number of carbonyl (C=O) groups excluding carboxylic acids is 1. The van der Waals surface area contributed by atoms with E-state index in [1.807, 2.05) is 18.7 Å². The molecular weight excluding hydrogens is 240 g/mol. The Kier molecular flexibility index (Phi) is 5.11. The summed E-state index contributed by atoms with van der Waals surface area (Å²) in [5, 5.41) is 9.04. The predicted molar refractivity (Wildman–Crippen MR) is 68.4 cm³/mol. The molecular formula is C11H20N2O3S. The van der Waals surface area contributed by atoms with E-state index in [9.17, 15) is 9.59 Å². The zero-order valence-electron chi connectivity index (χ0n) is 10.5. The topological polar surface area (TPSA) is 60.9 Å². The first-order valence-corrected chi connectivity index (χ1v) is 6.98. The van der Waals surface area contributed by atoms with Gasteiger partial charge in [-0.2, -0.15) is 11.8 Å². The maximum atomic E-state index is 12.2. The molecule has 1 N–H and O–H groups in total. The maximum Gasteiger partial charge on any atom is 0.326 e. The summed E-state index contributed by atoms with van der Waals surface area (Å²) in [4.78, 5) is 26.3. The second-order valence-corrected chi connectivity index (χ2v) is 5.42. The number of amides is 2. The Balaban J connectivity index is 2.70. The molecule has 0 aliphatic carbocycles. The molecule has 0 aromatic rings. The molecule has 0 aromatic heterocycles. The highest BCUT2D eigenvalue weighted by Crippen LogP contribution is 2.18. The largest absolute Gasteiger partial charge is 0.480 e. The number of hydrogen-bond acceptors (Lipinski definition) is 3. The number of carbonyl (C=O) groups is 2. The molecule has 17 heavy (non-hydrogen) atoms. The van der Waals surface area contributed by atoms with Crippen LogP contribution in [-0.2, 0) is 4.79 Å². The van der Waals surface area contributed by atoms with Crippen molar-refractivity contribution < 1.29 is 14.7 Å². The first kappa shape index (κ1) is 14.2. The number of likely N-dealkylation sites (N-methyl/N-ethyl adjacent to an activating group) is 1. The Labute approximate surface area is 106 Å². The van der Waals surface area contributed by atoms with Gasteiger partial charge in [0, 0.05) is 31.1 Å². The highest BCUT2D eigenvalue weighted by molar-refractivity contribution is 7.99. The minimum Gasteiger partial charge on any atom is -0.480 e. The van der Waals surface area contributed by atoms with Crippen molar-refractivity contribution in [2.45, 2.75) is 32.4 Å². The lowest BCUT2D eigenvalue weighted by Gasteiger charge is -2.37. The summed E-state index contributed by atoms with van der Waals surface area (Å²) in [7, 11) is 1.57. The van der Waals surface area contributed by atoms with Crippen molar-refractivity contribution in [3.8, 4) is 0 Å². The van der Waals surface area contributed by atoms with Crippen LogP contribution >= 0.6 is 11.8 Å². The Morgan fingerprint density at radius 2 is 2.24 bits per heavy atom. The van der Waals surface area contributed by atoms with Gasteiger partial charge in [0.05, 0.1) is 0 Å². The number of rotatable bonds is 3. The van der Waals surface area contributed by atoms with Crippen LogP contribution in [0.3, 0.4) is 0 Å². The Hall–Kier alpha value is -0.910. The van der Waals surface area contributed by atoms with Gasteiger partial charge in [0.1, 0.15) is 6.04 Å². The third-order valence-corrected chi connectivity index (χ3v) is 4.24. The molecule has 0 aromatic carbocycles. The molecule has 2 amide bonds. The van der Waals surface area contributed by atoms with Gasteiger partial charge in [0.15, 0.2) is 0 Å². The average Bonchev–Trinajstić information content (AvgIpc) is 2.29. The normalized spacial score (nSPS) is 22.1. The maximum absolute atomic E-state index is 12.2. The summed E-state index contributed by atoms with van der Waals surface area (Å²) in [5.41, 5.74) is 0. The average molecular weight is 260 g/mol. The zero-order valence-corrected chi connectivity index (χ0v) is 11.4. The summed E-state index contributed by atoms with van der Waals surface area (Å²) in [6.45, 7) is 4.47. The van der Waals surface area contributed by atoms with Crippen LogP contribution in [0.2, 0.25) is 0 Å². The number of carboxylic acid groups (broad SMARTS) is 1. The lowest BCUT2D eigenvalue weighted by molar-refractivity contribution is -0.142. The van der Waals surface area contributed by atoms with Crippen molar-refractivity contribution in [1.29, 1.82) is 0 Å². The smallest absolute Gasteiger partial charge is 0.326 e. The quantitative estimate of drug-likeness (QED) is 0.832. The Morgan fingerprint density at radius 1 is 1.59 bits per heavy atom. The molecule has 0 bridgehead atoms. The number of carboxylic acids is 1. The van der Waals surface area contributed by atoms with E-state index in [4.69, 9.17) is 5.11 Å². The van der Waals surface area contributed by atoms with E-state index in [1.54, 1.807) is 18.9 Å². The fourth-order valence-corrected chi connectivity index (χ4v) is 2.97. The molecule has 1 aliphatic rings. The van der Waals surface area contributed by atoms with Gasteiger partial charge in [-0.25, -0.2) is 9.59 Å². The number of urea groups is 1. The van der Waals surface area contributed by atoms with Gasteiger partial charge >= 0.3 is 12.0 Å². The SMILES string of the molecule is CCC(C(=O)O)N(C)C(=O)N1CCSCC1C. The van der Waals surface area contributed by atoms with Crippen LogP contribution in [0.1, 0.15) is 20.3 Å². The van der Waals surface area contributed by atoms with Gasteiger partial charge in [0.2, 0.25) is 0 Å². The summed E-state index contributed by atoms with van der Waals surface area (Å²) in [6.07, 6.45) is 0.425. The van der Waals surface area contributed by atoms with E-state index in [0.29, 0.717) is 13.0 Å². The van der Waals surface area contributed by atoms with Crippen LogP contribution in [0.25, 0.3) is 0 Å². The highest BCUT2D eigenvalue weighted by Gasteiger charge is 2.31. The van der Waals surface area contributed by atoms with E-state index in [1.165, 1.54) is 4.90 Å². The third-order valence-electron chi connectivity index (χ3n) is 3.05. The van der Waals surface area contributed by atoms with Crippen LogP contribution in [-0.4, -0.2) is 64.1 Å². The molecule has 0 spiro atoms. The molecule has 2 atom stereocenters. The zero-order chi connectivity index (χ0) is 13.0. The molecule has 98 valence electrons. The first-order valence-electron chi connectivity index (χ1n) is 5.83. The number of aliphatic carboxylic acids is 1. The van der Waals surface area contributed by atoms with Crippen molar-refractivity contribution in [3.05, 3.63) is 0 Å². The minimum atomic E-state index is -0.942. The third kappa shape index (κ3) is 3.28. The van der Waals surface area contributed by atoms with Crippen molar-refractivity contribution in [1.82, 2.24) is 9.80 Å². The molecule has 0 saturated carbocycles.